The lowest BCUT2D eigenvalue weighted by atomic mass is 9.97. The van der Waals surface area contributed by atoms with Crippen LogP contribution in [0.3, 0.4) is 0 Å². The molecular formula is C18H6Cl6F3N. The lowest BCUT2D eigenvalue weighted by Gasteiger charge is -2.17. The van der Waals surface area contributed by atoms with Crippen LogP contribution in [0.25, 0.3) is 22.4 Å². The molecule has 0 aliphatic rings. The van der Waals surface area contributed by atoms with Crippen LogP contribution in [-0.2, 0) is 6.18 Å². The second-order valence-electron chi connectivity index (χ2n) is 5.61. The lowest BCUT2D eigenvalue weighted by Crippen LogP contribution is -2.07. The van der Waals surface area contributed by atoms with Crippen LogP contribution in [0.1, 0.15) is 5.56 Å². The monoisotopic (exact) mass is 503 g/mol. The van der Waals surface area contributed by atoms with Crippen molar-refractivity contribution in [3.05, 3.63) is 72.2 Å². The Kier molecular flexibility index (Phi) is 6.31. The molecule has 2 aromatic carbocycles. The molecule has 0 N–H and O–H groups in total. The van der Waals surface area contributed by atoms with E-state index < -0.39 is 11.7 Å². The van der Waals surface area contributed by atoms with Crippen LogP contribution in [0, 0.1) is 0 Å². The molecule has 0 bridgehead atoms. The van der Waals surface area contributed by atoms with Gasteiger partial charge in [-0.15, -0.1) is 0 Å². The van der Waals surface area contributed by atoms with Crippen molar-refractivity contribution in [2.24, 2.45) is 0 Å². The predicted octanol–water partition coefficient (Wildman–Crippen LogP) is 9.35. The van der Waals surface area contributed by atoms with Gasteiger partial charge in [0, 0.05) is 32.9 Å². The van der Waals surface area contributed by atoms with Gasteiger partial charge in [0.2, 0.25) is 0 Å². The van der Waals surface area contributed by atoms with Crippen LogP contribution >= 0.6 is 69.6 Å². The van der Waals surface area contributed by atoms with Gasteiger partial charge in [-0.1, -0.05) is 69.6 Å². The van der Waals surface area contributed by atoms with Crippen molar-refractivity contribution < 1.29 is 13.2 Å². The van der Waals surface area contributed by atoms with Crippen molar-refractivity contribution in [1.82, 2.24) is 4.98 Å². The number of aromatic nitrogens is 1. The molecule has 0 saturated carbocycles. The summed E-state index contributed by atoms with van der Waals surface area (Å²) >= 11 is 36.8. The Labute approximate surface area is 187 Å². The standard InChI is InChI=1S/C18H6Cl6F3N/c19-8-2-11(21)15(12(22)3-8)10-1-7(18(25,26)27)6-28-17(10)16-13(23)4-9(20)5-14(16)24/h1-6H. The van der Waals surface area contributed by atoms with Gasteiger partial charge < -0.3 is 0 Å². The number of hydrogen-bond donors (Lipinski definition) is 0. The fourth-order valence-corrected chi connectivity index (χ4v) is 4.59. The normalized spacial score (nSPS) is 11.8. The molecule has 0 radical (unpaired) electrons. The molecule has 0 atom stereocenters. The molecule has 0 saturated heterocycles. The molecule has 1 nitrogen and oxygen atoms in total. The van der Waals surface area contributed by atoms with E-state index in [1.54, 1.807) is 0 Å². The number of benzene rings is 2. The second-order valence-corrected chi connectivity index (χ2v) is 8.11. The summed E-state index contributed by atoms with van der Waals surface area (Å²) in [4.78, 5) is 3.97. The first-order valence-corrected chi connectivity index (χ1v) is 9.63. The third-order valence-corrected chi connectivity index (χ3v) is 5.36. The van der Waals surface area contributed by atoms with Crippen LogP contribution in [-0.4, -0.2) is 4.98 Å². The molecule has 0 fully saturated rings. The Morgan fingerprint density at radius 3 is 1.50 bits per heavy atom. The van der Waals surface area contributed by atoms with E-state index >= 15 is 0 Å². The van der Waals surface area contributed by atoms with E-state index in [2.05, 4.69) is 4.98 Å². The molecule has 10 heteroatoms. The highest BCUT2D eigenvalue weighted by Gasteiger charge is 2.33. The lowest BCUT2D eigenvalue weighted by molar-refractivity contribution is -0.137. The summed E-state index contributed by atoms with van der Waals surface area (Å²) in [6, 6.07) is 6.40. The zero-order valence-corrected chi connectivity index (χ0v) is 17.8. The maximum atomic E-state index is 13.3. The van der Waals surface area contributed by atoms with E-state index in [9.17, 15) is 13.2 Å². The Balaban J connectivity index is 2.41. The number of hydrogen-bond acceptors (Lipinski definition) is 1. The molecule has 146 valence electrons. The average Bonchev–Trinajstić information content (AvgIpc) is 2.53. The third kappa shape index (κ3) is 4.33. The Morgan fingerprint density at radius 1 is 0.643 bits per heavy atom. The molecular weight excluding hydrogens is 500 g/mol. The molecule has 1 heterocycles. The highest BCUT2D eigenvalue weighted by Crippen LogP contribution is 2.46. The molecule has 3 aromatic rings. The van der Waals surface area contributed by atoms with Gasteiger partial charge in [0.25, 0.3) is 0 Å². The van der Waals surface area contributed by atoms with Crippen molar-refractivity contribution in [2.45, 2.75) is 6.18 Å². The minimum absolute atomic E-state index is 0.00684. The van der Waals surface area contributed by atoms with E-state index in [0.717, 1.165) is 6.07 Å². The molecule has 0 amide bonds. The van der Waals surface area contributed by atoms with Gasteiger partial charge in [-0.05, 0) is 30.3 Å². The van der Waals surface area contributed by atoms with E-state index in [-0.39, 0.29) is 52.5 Å². The van der Waals surface area contributed by atoms with E-state index in [1.807, 2.05) is 0 Å². The second kappa shape index (κ2) is 8.10. The molecule has 28 heavy (non-hydrogen) atoms. The van der Waals surface area contributed by atoms with Crippen molar-refractivity contribution in [1.29, 1.82) is 0 Å². The van der Waals surface area contributed by atoms with Crippen LogP contribution < -0.4 is 0 Å². The van der Waals surface area contributed by atoms with Gasteiger partial charge in [0.15, 0.2) is 0 Å². The molecule has 0 aliphatic heterocycles. The molecule has 1 aromatic heterocycles. The first-order chi connectivity index (χ1) is 13.0. The van der Waals surface area contributed by atoms with Gasteiger partial charge in [-0.3, -0.25) is 4.98 Å². The largest absolute Gasteiger partial charge is 0.417 e. The summed E-state index contributed by atoms with van der Waals surface area (Å²) in [6.07, 6.45) is -3.96. The van der Waals surface area contributed by atoms with Gasteiger partial charge in [0.05, 0.1) is 31.3 Å². The van der Waals surface area contributed by atoms with E-state index in [1.165, 1.54) is 24.3 Å². The number of nitrogens with zero attached hydrogens (tertiary/aromatic N) is 1. The van der Waals surface area contributed by atoms with Crippen LogP contribution in [0.2, 0.25) is 30.1 Å². The van der Waals surface area contributed by atoms with E-state index in [4.69, 9.17) is 69.6 Å². The predicted molar refractivity (Wildman–Crippen MR) is 110 cm³/mol. The Morgan fingerprint density at radius 2 is 1.07 bits per heavy atom. The SMILES string of the molecule is FC(F)(F)c1cnc(-c2c(Cl)cc(Cl)cc2Cl)c(-c2c(Cl)cc(Cl)cc2Cl)c1. The molecule has 0 spiro atoms. The van der Waals surface area contributed by atoms with Gasteiger partial charge >= 0.3 is 6.18 Å². The van der Waals surface area contributed by atoms with Crippen LogP contribution in [0.5, 0.6) is 0 Å². The summed E-state index contributed by atoms with van der Waals surface area (Å²) in [5.74, 6) is 0. The summed E-state index contributed by atoms with van der Waals surface area (Å²) < 4.78 is 39.9. The minimum atomic E-state index is -4.64. The van der Waals surface area contributed by atoms with Crippen LogP contribution in [0.4, 0.5) is 13.2 Å². The van der Waals surface area contributed by atoms with Gasteiger partial charge in [-0.2, -0.15) is 13.2 Å². The highest BCUT2D eigenvalue weighted by atomic mass is 35.5. The smallest absolute Gasteiger partial charge is 0.255 e. The Hall–Kier alpha value is -0.880. The Bertz CT molecular complexity index is 1040. The van der Waals surface area contributed by atoms with Crippen molar-refractivity contribution >= 4 is 69.6 Å². The molecule has 0 aliphatic carbocycles. The maximum Gasteiger partial charge on any atom is 0.417 e. The summed E-state index contributed by atoms with van der Waals surface area (Å²) in [5, 5.41) is 0.777. The number of halogens is 9. The number of alkyl halides is 3. The zero-order chi connectivity index (χ0) is 20.8. The first kappa shape index (κ1) is 21.8. The fourth-order valence-electron chi connectivity index (χ4n) is 2.58. The first-order valence-electron chi connectivity index (χ1n) is 7.36. The maximum absolute atomic E-state index is 13.3. The number of pyridine rings is 1. The average molecular weight is 506 g/mol. The fraction of sp³-hybridized carbons (Fsp3) is 0.0556. The van der Waals surface area contributed by atoms with E-state index in [0.29, 0.717) is 6.20 Å². The summed E-state index contributed by atoms with van der Waals surface area (Å²) in [6.45, 7) is 0. The van der Waals surface area contributed by atoms with Crippen molar-refractivity contribution in [3.63, 3.8) is 0 Å². The summed E-state index contributed by atoms with van der Waals surface area (Å²) in [7, 11) is 0. The third-order valence-electron chi connectivity index (χ3n) is 3.73. The van der Waals surface area contributed by atoms with Crippen molar-refractivity contribution in [3.8, 4) is 22.4 Å². The van der Waals surface area contributed by atoms with Gasteiger partial charge in [0.1, 0.15) is 0 Å². The number of rotatable bonds is 2. The van der Waals surface area contributed by atoms with Gasteiger partial charge in [-0.25, -0.2) is 0 Å². The minimum Gasteiger partial charge on any atom is -0.255 e. The topological polar surface area (TPSA) is 12.9 Å². The molecule has 3 rings (SSSR count). The molecule has 0 unspecified atom stereocenters. The zero-order valence-electron chi connectivity index (χ0n) is 13.3. The summed E-state index contributed by atoms with van der Waals surface area (Å²) in [5.41, 5.74) is -0.630. The van der Waals surface area contributed by atoms with Crippen molar-refractivity contribution in [2.75, 3.05) is 0 Å². The van der Waals surface area contributed by atoms with Crippen LogP contribution in [0.15, 0.2) is 36.5 Å². The highest BCUT2D eigenvalue weighted by molar-refractivity contribution is 6.43. The quantitative estimate of drug-likeness (QED) is 0.338.